The van der Waals surface area contributed by atoms with Gasteiger partial charge in [-0.25, -0.2) is 4.79 Å². The molecule has 1 aromatic carbocycles. The second kappa shape index (κ2) is 11.0. The van der Waals surface area contributed by atoms with Crippen molar-refractivity contribution in [1.82, 2.24) is 20.0 Å². The van der Waals surface area contributed by atoms with E-state index in [0.29, 0.717) is 19.7 Å². The Kier molecular flexibility index (Phi) is 8.08. The number of carbonyl (C=O) groups excluding carboxylic acids is 1. The molecule has 1 N–H and O–H groups in total. The van der Waals surface area contributed by atoms with E-state index in [1.807, 2.05) is 27.6 Å². The van der Waals surface area contributed by atoms with E-state index in [0.717, 1.165) is 54.4 Å². The summed E-state index contributed by atoms with van der Waals surface area (Å²) in [6, 6.07) is 8.75. The molecule has 34 heavy (non-hydrogen) atoms. The first-order valence-corrected chi connectivity index (χ1v) is 12.8. The summed E-state index contributed by atoms with van der Waals surface area (Å²) < 4.78 is 43.4. The third-order valence-electron chi connectivity index (χ3n) is 6.50. The van der Waals surface area contributed by atoms with E-state index in [9.17, 15) is 18.0 Å². The third-order valence-corrected chi connectivity index (χ3v) is 7.45. The van der Waals surface area contributed by atoms with Crippen LogP contribution in [0.4, 0.5) is 18.0 Å². The molecule has 0 aliphatic carbocycles. The number of halogens is 3. The van der Waals surface area contributed by atoms with Crippen molar-refractivity contribution in [2.24, 2.45) is 0 Å². The van der Waals surface area contributed by atoms with E-state index in [1.54, 1.807) is 31.4 Å². The molecule has 3 heterocycles. The van der Waals surface area contributed by atoms with E-state index in [1.165, 1.54) is 0 Å². The number of piperidine rings is 1. The molecule has 2 fully saturated rings. The molecule has 2 amide bonds. The standard InChI is InChI=1S/C24H31F3N4O2S/c1-33-9-6-21-13-22(29-28-21)20-12-19(18-4-2-17(3-5-18)14-24(25,26)27)15-31(16-20)23(32)30-7-10-34-11-8-30/h2-5,13,19-20H,6-12,14-16H2,1H3,(H,28,29). The number of urea groups is 1. The van der Waals surface area contributed by atoms with Crippen LogP contribution in [0.15, 0.2) is 30.3 Å². The number of H-pyrrole nitrogens is 1. The van der Waals surface area contributed by atoms with Gasteiger partial charge in [0.1, 0.15) is 0 Å². The van der Waals surface area contributed by atoms with Crippen molar-refractivity contribution in [3.8, 4) is 0 Å². The Morgan fingerprint density at radius 2 is 1.85 bits per heavy atom. The molecule has 2 aliphatic heterocycles. The minimum Gasteiger partial charge on any atom is -0.384 e. The molecule has 10 heteroatoms. The summed E-state index contributed by atoms with van der Waals surface area (Å²) in [4.78, 5) is 17.2. The minimum atomic E-state index is -4.23. The molecule has 2 atom stereocenters. The number of ether oxygens (including phenoxy) is 1. The van der Waals surface area contributed by atoms with E-state index in [4.69, 9.17) is 4.74 Å². The van der Waals surface area contributed by atoms with Crippen LogP contribution >= 0.6 is 11.8 Å². The second-order valence-electron chi connectivity index (χ2n) is 9.01. The van der Waals surface area contributed by atoms with Gasteiger partial charge in [-0.05, 0) is 23.6 Å². The van der Waals surface area contributed by atoms with E-state index < -0.39 is 12.6 Å². The van der Waals surface area contributed by atoms with Gasteiger partial charge in [0.15, 0.2) is 0 Å². The zero-order chi connectivity index (χ0) is 24.1. The third kappa shape index (κ3) is 6.47. The Morgan fingerprint density at radius 3 is 2.53 bits per heavy atom. The molecule has 2 unspecified atom stereocenters. The van der Waals surface area contributed by atoms with Gasteiger partial charge in [0.2, 0.25) is 0 Å². The van der Waals surface area contributed by atoms with Crippen LogP contribution < -0.4 is 0 Å². The van der Waals surface area contributed by atoms with Crippen LogP contribution in [-0.4, -0.2) is 83.6 Å². The van der Waals surface area contributed by atoms with Crippen LogP contribution in [-0.2, 0) is 17.6 Å². The number of amides is 2. The number of carbonyl (C=O) groups is 1. The highest BCUT2D eigenvalue weighted by atomic mass is 32.2. The van der Waals surface area contributed by atoms with Gasteiger partial charge in [-0.2, -0.15) is 30.0 Å². The van der Waals surface area contributed by atoms with Crippen molar-refractivity contribution in [2.45, 2.75) is 37.3 Å². The lowest BCUT2D eigenvalue weighted by atomic mass is 9.82. The molecular weight excluding hydrogens is 465 g/mol. The molecular formula is C24H31F3N4O2S. The summed E-state index contributed by atoms with van der Waals surface area (Å²) in [7, 11) is 1.66. The highest BCUT2D eigenvalue weighted by Crippen LogP contribution is 2.36. The number of aromatic nitrogens is 2. The van der Waals surface area contributed by atoms with E-state index in [2.05, 4.69) is 10.2 Å². The van der Waals surface area contributed by atoms with E-state index >= 15 is 0 Å². The summed E-state index contributed by atoms with van der Waals surface area (Å²) in [5.41, 5.74) is 3.10. The topological polar surface area (TPSA) is 61.5 Å². The molecule has 186 valence electrons. The molecule has 0 saturated carbocycles. The number of benzene rings is 1. The zero-order valence-electron chi connectivity index (χ0n) is 19.3. The largest absolute Gasteiger partial charge is 0.393 e. The Hall–Kier alpha value is -2.20. The lowest BCUT2D eigenvalue weighted by Gasteiger charge is -2.40. The van der Waals surface area contributed by atoms with Crippen LogP contribution in [0.25, 0.3) is 0 Å². The van der Waals surface area contributed by atoms with Gasteiger partial charge in [0.25, 0.3) is 0 Å². The van der Waals surface area contributed by atoms with Gasteiger partial charge in [-0.15, -0.1) is 0 Å². The number of aromatic amines is 1. The monoisotopic (exact) mass is 496 g/mol. The maximum Gasteiger partial charge on any atom is 0.393 e. The summed E-state index contributed by atoms with van der Waals surface area (Å²) in [5, 5.41) is 7.60. The fourth-order valence-corrected chi connectivity index (χ4v) is 5.64. The number of rotatable bonds is 6. The number of thioether (sulfide) groups is 1. The van der Waals surface area contributed by atoms with Crippen LogP contribution in [0.3, 0.4) is 0 Å². The quantitative estimate of drug-likeness (QED) is 0.642. The van der Waals surface area contributed by atoms with Crippen molar-refractivity contribution in [1.29, 1.82) is 0 Å². The SMILES string of the molecule is COCCc1cc(C2CC(c3ccc(CC(F)(F)F)cc3)CN(C(=O)N3CCSCC3)C2)n[nH]1. The number of nitrogens with zero attached hydrogens (tertiary/aromatic N) is 3. The molecule has 0 radical (unpaired) electrons. The van der Waals surface area contributed by atoms with Crippen LogP contribution in [0.2, 0.25) is 0 Å². The van der Waals surface area contributed by atoms with Crippen LogP contribution in [0.5, 0.6) is 0 Å². The second-order valence-corrected chi connectivity index (χ2v) is 10.2. The maximum atomic E-state index is 13.3. The van der Waals surface area contributed by atoms with Gasteiger partial charge in [-0.3, -0.25) is 5.10 Å². The number of hydrogen-bond acceptors (Lipinski definition) is 4. The first-order chi connectivity index (χ1) is 16.3. The first-order valence-electron chi connectivity index (χ1n) is 11.6. The smallest absolute Gasteiger partial charge is 0.384 e. The normalized spacial score (nSPS) is 21.6. The van der Waals surface area contributed by atoms with Gasteiger partial charge in [0, 0.05) is 68.7 Å². The molecule has 0 bridgehead atoms. The van der Waals surface area contributed by atoms with Crippen molar-refractivity contribution in [3.05, 3.63) is 52.8 Å². The molecule has 4 rings (SSSR count). The summed E-state index contributed by atoms with van der Waals surface area (Å²) in [6.45, 7) is 3.21. The predicted octanol–water partition coefficient (Wildman–Crippen LogP) is 4.45. The maximum absolute atomic E-state index is 13.3. The van der Waals surface area contributed by atoms with Gasteiger partial charge in [0.05, 0.1) is 18.7 Å². The zero-order valence-corrected chi connectivity index (χ0v) is 20.1. The minimum absolute atomic E-state index is 0.0286. The average Bonchev–Trinajstić information content (AvgIpc) is 3.31. The highest BCUT2D eigenvalue weighted by Gasteiger charge is 2.35. The van der Waals surface area contributed by atoms with Crippen molar-refractivity contribution in [3.63, 3.8) is 0 Å². The molecule has 2 aliphatic rings. The van der Waals surface area contributed by atoms with Crippen LogP contribution in [0, 0.1) is 0 Å². The van der Waals surface area contributed by atoms with Crippen LogP contribution in [0.1, 0.15) is 40.8 Å². The predicted molar refractivity (Wildman–Crippen MR) is 126 cm³/mol. The fraction of sp³-hybridized carbons (Fsp3) is 0.583. The number of likely N-dealkylation sites (tertiary alicyclic amines) is 1. The molecule has 0 spiro atoms. The summed E-state index contributed by atoms with van der Waals surface area (Å²) in [5.74, 6) is 1.95. The lowest BCUT2D eigenvalue weighted by molar-refractivity contribution is -0.127. The molecule has 2 aromatic rings. The molecule has 2 saturated heterocycles. The summed E-state index contributed by atoms with van der Waals surface area (Å²) in [6.07, 6.45) is -3.65. The number of alkyl halides is 3. The van der Waals surface area contributed by atoms with E-state index in [-0.39, 0.29) is 23.4 Å². The first kappa shape index (κ1) is 24.9. The number of hydrogen-bond donors (Lipinski definition) is 1. The van der Waals surface area contributed by atoms with Crippen molar-refractivity contribution >= 4 is 17.8 Å². The van der Waals surface area contributed by atoms with Crippen molar-refractivity contribution in [2.75, 3.05) is 51.4 Å². The molecule has 1 aromatic heterocycles. The summed E-state index contributed by atoms with van der Waals surface area (Å²) >= 11 is 1.86. The Morgan fingerprint density at radius 1 is 1.15 bits per heavy atom. The number of methoxy groups -OCH3 is 1. The number of nitrogens with one attached hydrogen (secondary N) is 1. The Bertz CT molecular complexity index is 944. The highest BCUT2D eigenvalue weighted by molar-refractivity contribution is 7.99. The Labute approximate surface area is 202 Å². The lowest BCUT2D eigenvalue weighted by Crippen LogP contribution is -2.51. The molecule has 6 nitrogen and oxygen atoms in total. The van der Waals surface area contributed by atoms with Gasteiger partial charge >= 0.3 is 12.2 Å². The van der Waals surface area contributed by atoms with Gasteiger partial charge < -0.3 is 14.5 Å². The van der Waals surface area contributed by atoms with Gasteiger partial charge in [-0.1, -0.05) is 24.3 Å². The average molecular weight is 497 g/mol. The van der Waals surface area contributed by atoms with Crippen molar-refractivity contribution < 1.29 is 22.7 Å². The Balaban J connectivity index is 1.54. The fourth-order valence-electron chi connectivity index (χ4n) is 4.73.